The van der Waals surface area contributed by atoms with Crippen LogP contribution < -0.4 is 5.32 Å². The van der Waals surface area contributed by atoms with Crippen LogP contribution in [0.1, 0.15) is 32.3 Å². The number of rotatable bonds is 8. The Balaban J connectivity index is 1.39. The third-order valence-electron chi connectivity index (χ3n) is 5.08. The minimum atomic E-state index is -1.20. The van der Waals surface area contributed by atoms with E-state index in [2.05, 4.69) is 16.4 Å². The lowest BCUT2D eigenvalue weighted by Gasteiger charge is -2.05. The van der Waals surface area contributed by atoms with E-state index in [0.29, 0.717) is 35.2 Å². The van der Waals surface area contributed by atoms with Crippen LogP contribution in [-0.4, -0.2) is 21.6 Å². The van der Waals surface area contributed by atoms with E-state index in [1.165, 1.54) is 4.88 Å². The molecule has 0 aliphatic carbocycles. The SMILES string of the molecule is Cc1ccc([S@@](=O)Cc2nc(-c3ccc(C(=O)NCCc4cccs4)cc3)oc2C)cc1. The molecule has 1 N–H and O–H groups in total. The standard InChI is InChI=1S/C25H24N2O3S2/c1-17-5-11-22(12-6-17)32(29)16-23-18(2)30-25(27-23)20-9-7-19(8-10-20)24(28)26-14-13-21-4-3-15-31-21/h3-12,15H,13-14,16H2,1-2H3,(H,26,28)/t32-/m0/s1. The number of benzene rings is 2. The molecule has 2 heterocycles. The maximum atomic E-state index is 12.7. The molecule has 2 aromatic heterocycles. The molecule has 1 atom stereocenters. The average Bonchev–Trinajstić information content (AvgIpc) is 3.44. The number of aromatic nitrogens is 1. The highest BCUT2D eigenvalue weighted by Crippen LogP contribution is 2.24. The van der Waals surface area contributed by atoms with Gasteiger partial charge in [-0.1, -0.05) is 23.8 Å². The van der Waals surface area contributed by atoms with Crippen LogP contribution in [0.3, 0.4) is 0 Å². The van der Waals surface area contributed by atoms with Gasteiger partial charge in [-0.15, -0.1) is 11.3 Å². The van der Waals surface area contributed by atoms with Gasteiger partial charge in [0.15, 0.2) is 0 Å². The van der Waals surface area contributed by atoms with Crippen LogP contribution in [0.5, 0.6) is 0 Å². The van der Waals surface area contributed by atoms with Gasteiger partial charge in [0.2, 0.25) is 5.89 Å². The second-order valence-corrected chi connectivity index (χ2v) is 9.97. The molecule has 0 saturated heterocycles. The molecule has 32 heavy (non-hydrogen) atoms. The molecule has 0 radical (unpaired) electrons. The molecule has 0 spiro atoms. The minimum absolute atomic E-state index is 0.106. The molecule has 0 fully saturated rings. The summed E-state index contributed by atoms with van der Waals surface area (Å²) in [5.41, 5.74) is 3.17. The number of amides is 1. The Morgan fingerprint density at radius 1 is 1.06 bits per heavy atom. The quantitative estimate of drug-likeness (QED) is 0.384. The van der Waals surface area contributed by atoms with Crippen molar-refractivity contribution >= 4 is 28.0 Å². The van der Waals surface area contributed by atoms with Gasteiger partial charge in [-0.05, 0) is 68.1 Å². The topological polar surface area (TPSA) is 72.2 Å². The Morgan fingerprint density at radius 3 is 2.50 bits per heavy atom. The molecule has 0 aliphatic heterocycles. The highest BCUT2D eigenvalue weighted by atomic mass is 32.2. The zero-order valence-electron chi connectivity index (χ0n) is 18.0. The van der Waals surface area contributed by atoms with Crippen molar-refractivity contribution in [3.05, 3.63) is 93.5 Å². The fraction of sp³-hybridized carbons (Fsp3) is 0.200. The van der Waals surface area contributed by atoms with Gasteiger partial charge in [0.1, 0.15) is 5.76 Å². The fourth-order valence-electron chi connectivity index (χ4n) is 3.20. The van der Waals surface area contributed by atoms with E-state index in [1.54, 1.807) is 23.5 Å². The summed E-state index contributed by atoms with van der Waals surface area (Å²) in [5, 5.41) is 4.98. The van der Waals surface area contributed by atoms with E-state index in [0.717, 1.165) is 22.4 Å². The number of aryl methyl sites for hydroxylation is 2. The highest BCUT2D eigenvalue weighted by Gasteiger charge is 2.16. The smallest absolute Gasteiger partial charge is 0.251 e. The molecule has 0 unspecified atom stereocenters. The molecule has 0 aliphatic rings. The number of carbonyl (C=O) groups is 1. The van der Waals surface area contributed by atoms with Gasteiger partial charge in [-0.3, -0.25) is 9.00 Å². The van der Waals surface area contributed by atoms with Crippen LogP contribution in [0.15, 0.2) is 75.4 Å². The molecule has 164 valence electrons. The normalized spacial score (nSPS) is 11.9. The van der Waals surface area contributed by atoms with Crippen molar-refractivity contribution in [2.24, 2.45) is 0 Å². The molecule has 0 saturated carbocycles. The van der Waals surface area contributed by atoms with E-state index in [1.807, 2.05) is 61.7 Å². The van der Waals surface area contributed by atoms with Crippen LogP contribution in [0.2, 0.25) is 0 Å². The number of nitrogens with one attached hydrogen (secondary N) is 1. The van der Waals surface area contributed by atoms with Crippen molar-refractivity contribution in [2.75, 3.05) is 6.54 Å². The molecule has 4 aromatic rings. The fourth-order valence-corrected chi connectivity index (χ4v) is 5.03. The van der Waals surface area contributed by atoms with E-state index >= 15 is 0 Å². The molecule has 4 rings (SSSR count). The number of hydrogen-bond donors (Lipinski definition) is 1. The first-order chi connectivity index (χ1) is 15.5. The monoisotopic (exact) mass is 464 g/mol. The van der Waals surface area contributed by atoms with E-state index in [9.17, 15) is 9.00 Å². The van der Waals surface area contributed by atoms with Gasteiger partial charge in [-0.25, -0.2) is 4.98 Å². The Hall–Kier alpha value is -3.03. The van der Waals surface area contributed by atoms with Crippen LogP contribution in [0.25, 0.3) is 11.5 Å². The van der Waals surface area contributed by atoms with Crippen LogP contribution in [-0.2, 0) is 23.0 Å². The summed E-state index contributed by atoms with van der Waals surface area (Å²) >= 11 is 1.69. The summed E-state index contributed by atoms with van der Waals surface area (Å²) in [7, 11) is -1.20. The number of thiophene rings is 1. The predicted octanol–water partition coefficient (Wildman–Crippen LogP) is 5.30. The van der Waals surface area contributed by atoms with Crippen molar-refractivity contribution in [1.29, 1.82) is 0 Å². The summed E-state index contributed by atoms with van der Waals surface area (Å²) in [6, 6.07) is 18.9. The Bertz CT molecular complexity index is 1210. The van der Waals surface area contributed by atoms with Gasteiger partial charge in [0, 0.05) is 27.4 Å². The van der Waals surface area contributed by atoms with Crippen molar-refractivity contribution in [3.63, 3.8) is 0 Å². The summed E-state index contributed by atoms with van der Waals surface area (Å²) in [5.74, 6) is 1.30. The molecule has 5 nitrogen and oxygen atoms in total. The molecular formula is C25H24N2O3S2. The second-order valence-electron chi connectivity index (χ2n) is 7.49. The molecule has 1 amide bonds. The lowest BCUT2D eigenvalue weighted by atomic mass is 10.1. The third-order valence-corrected chi connectivity index (χ3v) is 7.35. The van der Waals surface area contributed by atoms with E-state index in [-0.39, 0.29) is 5.91 Å². The number of hydrogen-bond acceptors (Lipinski definition) is 5. The number of oxazole rings is 1. The largest absolute Gasteiger partial charge is 0.441 e. The van der Waals surface area contributed by atoms with E-state index < -0.39 is 10.8 Å². The molecule has 0 bridgehead atoms. The molecular weight excluding hydrogens is 440 g/mol. The van der Waals surface area contributed by atoms with Crippen molar-refractivity contribution in [1.82, 2.24) is 10.3 Å². The van der Waals surface area contributed by atoms with Gasteiger partial charge in [-0.2, -0.15) is 0 Å². The maximum absolute atomic E-state index is 12.7. The average molecular weight is 465 g/mol. The first-order valence-corrected chi connectivity index (χ1v) is 12.5. The summed E-state index contributed by atoms with van der Waals surface area (Å²) in [6.07, 6.45) is 0.823. The third kappa shape index (κ3) is 5.41. The van der Waals surface area contributed by atoms with Crippen molar-refractivity contribution in [3.8, 4) is 11.5 Å². The van der Waals surface area contributed by atoms with E-state index in [4.69, 9.17) is 4.42 Å². The van der Waals surface area contributed by atoms with Crippen LogP contribution in [0, 0.1) is 13.8 Å². The van der Waals surface area contributed by atoms with Crippen molar-refractivity contribution in [2.45, 2.75) is 30.9 Å². The van der Waals surface area contributed by atoms with Gasteiger partial charge < -0.3 is 9.73 Å². The predicted molar refractivity (Wildman–Crippen MR) is 128 cm³/mol. The van der Waals surface area contributed by atoms with Gasteiger partial charge in [0.05, 0.1) is 22.2 Å². The maximum Gasteiger partial charge on any atom is 0.251 e. The summed E-state index contributed by atoms with van der Waals surface area (Å²) in [6.45, 7) is 4.43. The number of nitrogens with zero attached hydrogens (tertiary/aromatic N) is 1. The zero-order chi connectivity index (χ0) is 22.5. The lowest BCUT2D eigenvalue weighted by molar-refractivity contribution is 0.0954. The van der Waals surface area contributed by atoms with Crippen molar-refractivity contribution < 1.29 is 13.4 Å². The highest BCUT2D eigenvalue weighted by molar-refractivity contribution is 7.84. The Labute approximate surface area is 194 Å². The van der Waals surface area contributed by atoms with Crippen LogP contribution in [0.4, 0.5) is 0 Å². The van der Waals surface area contributed by atoms with Crippen LogP contribution >= 0.6 is 11.3 Å². The number of carbonyl (C=O) groups excluding carboxylic acids is 1. The Kier molecular flexibility index (Phi) is 6.97. The Morgan fingerprint density at radius 2 is 1.81 bits per heavy atom. The molecule has 7 heteroatoms. The van der Waals surface area contributed by atoms with Gasteiger partial charge >= 0.3 is 0 Å². The first kappa shape index (κ1) is 22.2. The van der Waals surface area contributed by atoms with Gasteiger partial charge in [0.25, 0.3) is 5.91 Å². The first-order valence-electron chi connectivity index (χ1n) is 10.3. The molecule has 2 aromatic carbocycles. The summed E-state index contributed by atoms with van der Waals surface area (Å²) in [4.78, 5) is 19.0. The second kappa shape index (κ2) is 10.1. The minimum Gasteiger partial charge on any atom is -0.441 e. The zero-order valence-corrected chi connectivity index (χ0v) is 19.6. The lowest BCUT2D eigenvalue weighted by Crippen LogP contribution is -2.25. The summed E-state index contributed by atoms with van der Waals surface area (Å²) < 4.78 is 18.5.